The zero-order valence-electron chi connectivity index (χ0n) is 10.1. The minimum Gasteiger partial charge on any atom is -0.325 e. The third-order valence-electron chi connectivity index (χ3n) is 2.45. The summed E-state index contributed by atoms with van der Waals surface area (Å²) in [6.07, 6.45) is 0. The van der Waals surface area contributed by atoms with Crippen molar-refractivity contribution < 1.29 is 4.79 Å². The third-order valence-corrected chi connectivity index (χ3v) is 3.10. The van der Waals surface area contributed by atoms with Gasteiger partial charge in [-0.2, -0.15) is 10.5 Å². The molecular formula is C13H12BrN3O. The molecule has 1 aromatic rings. The number of carbonyl (C=O) groups is 1. The molecule has 1 N–H and O–H groups in total. The second-order valence-electron chi connectivity index (χ2n) is 4.15. The van der Waals surface area contributed by atoms with Crippen LogP contribution in [0.1, 0.15) is 19.4 Å². The van der Waals surface area contributed by atoms with E-state index < -0.39 is 5.92 Å². The summed E-state index contributed by atoms with van der Waals surface area (Å²) in [5.41, 5.74) is 1.06. The van der Waals surface area contributed by atoms with Crippen LogP contribution in [0.4, 0.5) is 5.69 Å². The maximum atomic E-state index is 11.8. The first-order valence-corrected chi connectivity index (χ1v) is 6.19. The molecule has 0 saturated heterocycles. The first-order chi connectivity index (χ1) is 8.49. The van der Waals surface area contributed by atoms with E-state index in [4.69, 9.17) is 10.5 Å². The third kappa shape index (κ3) is 3.32. The van der Waals surface area contributed by atoms with E-state index in [1.165, 1.54) is 0 Å². The van der Waals surface area contributed by atoms with Crippen LogP contribution in [0.5, 0.6) is 0 Å². The van der Waals surface area contributed by atoms with Gasteiger partial charge < -0.3 is 5.32 Å². The highest BCUT2D eigenvalue weighted by Gasteiger charge is 2.21. The fourth-order valence-corrected chi connectivity index (χ4v) is 1.88. The molecule has 0 aliphatic rings. The van der Waals surface area contributed by atoms with E-state index in [9.17, 15) is 4.79 Å². The van der Waals surface area contributed by atoms with Gasteiger partial charge in [0.2, 0.25) is 5.91 Å². The molecule has 18 heavy (non-hydrogen) atoms. The molecule has 1 rings (SSSR count). The maximum absolute atomic E-state index is 11.8. The number of anilines is 1. The Labute approximate surface area is 114 Å². The molecule has 1 amide bonds. The van der Waals surface area contributed by atoms with Crippen LogP contribution in [0.25, 0.3) is 0 Å². The van der Waals surface area contributed by atoms with E-state index >= 15 is 0 Å². The number of hydrogen-bond acceptors (Lipinski definition) is 3. The van der Waals surface area contributed by atoms with Gasteiger partial charge in [-0.25, -0.2) is 0 Å². The van der Waals surface area contributed by atoms with Crippen LogP contribution < -0.4 is 5.32 Å². The average Bonchev–Trinajstić information content (AvgIpc) is 2.29. The van der Waals surface area contributed by atoms with Crippen molar-refractivity contribution in [2.24, 2.45) is 11.8 Å². The molecule has 0 aromatic heterocycles. The Balaban J connectivity index is 2.87. The van der Waals surface area contributed by atoms with Crippen LogP contribution >= 0.6 is 15.9 Å². The lowest BCUT2D eigenvalue weighted by Gasteiger charge is -2.13. The van der Waals surface area contributed by atoms with E-state index in [1.807, 2.05) is 26.0 Å². The standard InChI is InChI=1S/C13H12BrN3O/c1-8(2)11(7-16)13(18)17-10-4-3-9(6-15)12(14)5-10/h3-5,8,11H,1-2H3,(H,17,18). The van der Waals surface area contributed by atoms with Gasteiger partial charge in [-0.05, 0) is 40.0 Å². The second-order valence-corrected chi connectivity index (χ2v) is 5.00. The van der Waals surface area contributed by atoms with Crippen LogP contribution in [0.3, 0.4) is 0 Å². The normalized spacial score (nSPS) is 11.4. The van der Waals surface area contributed by atoms with E-state index in [0.717, 1.165) is 0 Å². The van der Waals surface area contributed by atoms with Gasteiger partial charge in [-0.3, -0.25) is 4.79 Å². The minimum atomic E-state index is -0.681. The molecule has 0 heterocycles. The quantitative estimate of drug-likeness (QED) is 0.932. The molecule has 0 fully saturated rings. The first kappa shape index (κ1) is 14.2. The van der Waals surface area contributed by atoms with Crippen molar-refractivity contribution in [3.05, 3.63) is 28.2 Å². The summed E-state index contributed by atoms with van der Waals surface area (Å²) in [7, 11) is 0. The Hall–Kier alpha value is -1.85. The molecule has 0 bridgehead atoms. The van der Waals surface area contributed by atoms with Gasteiger partial charge in [0.05, 0.1) is 11.6 Å². The van der Waals surface area contributed by atoms with Crippen molar-refractivity contribution in [3.63, 3.8) is 0 Å². The maximum Gasteiger partial charge on any atom is 0.241 e. The van der Waals surface area contributed by atoms with Gasteiger partial charge in [0.25, 0.3) is 0 Å². The average molecular weight is 306 g/mol. The number of carbonyl (C=O) groups excluding carboxylic acids is 1. The summed E-state index contributed by atoms with van der Waals surface area (Å²) in [5.74, 6) is -1.06. The Bertz CT molecular complexity index is 540. The fraction of sp³-hybridized carbons (Fsp3) is 0.308. The van der Waals surface area contributed by atoms with Crippen molar-refractivity contribution in [3.8, 4) is 12.1 Å². The molecule has 0 saturated carbocycles. The Kier molecular flexibility index (Phi) is 4.88. The van der Waals surface area contributed by atoms with Gasteiger partial charge in [0.15, 0.2) is 0 Å². The number of amides is 1. The number of nitrogens with one attached hydrogen (secondary N) is 1. The predicted molar refractivity (Wildman–Crippen MR) is 71.4 cm³/mol. The van der Waals surface area contributed by atoms with E-state index in [1.54, 1.807) is 18.2 Å². The molecular weight excluding hydrogens is 294 g/mol. The highest BCUT2D eigenvalue weighted by atomic mass is 79.9. The van der Waals surface area contributed by atoms with Gasteiger partial charge in [-0.1, -0.05) is 13.8 Å². The highest BCUT2D eigenvalue weighted by molar-refractivity contribution is 9.10. The van der Waals surface area contributed by atoms with Crippen LogP contribution in [-0.4, -0.2) is 5.91 Å². The molecule has 0 aliphatic heterocycles. The number of halogens is 1. The predicted octanol–water partition coefficient (Wildman–Crippen LogP) is 3.06. The lowest BCUT2D eigenvalue weighted by Crippen LogP contribution is -2.25. The van der Waals surface area contributed by atoms with Crippen LogP contribution in [0, 0.1) is 34.5 Å². The number of rotatable bonds is 3. The summed E-state index contributed by atoms with van der Waals surface area (Å²) in [6.45, 7) is 3.64. The molecule has 92 valence electrons. The Morgan fingerprint density at radius 3 is 2.50 bits per heavy atom. The number of hydrogen-bond donors (Lipinski definition) is 1. The number of nitrogens with zero attached hydrogens (tertiary/aromatic N) is 2. The molecule has 0 spiro atoms. The van der Waals surface area contributed by atoms with Gasteiger partial charge in [-0.15, -0.1) is 0 Å². The Morgan fingerprint density at radius 2 is 2.06 bits per heavy atom. The smallest absolute Gasteiger partial charge is 0.241 e. The molecule has 1 aromatic carbocycles. The zero-order valence-corrected chi connectivity index (χ0v) is 11.7. The van der Waals surface area contributed by atoms with E-state index in [0.29, 0.717) is 15.7 Å². The lowest BCUT2D eigenvalue weighted by atomic mass is 9.96. The molecule has 1 unspecified atom stereocenters. The van der Waals surface area contributed by atoms with E-state index in [2.05, 4.69) is 21.2 Å². The van der Waals surface area contributed by atoms with Crippen molar-refractivity contribution in [2.45, 2.75) is 13.8 Å². The monoisotopic (exact) mass is 305 g/mol. The van der Waals surface area contributed by atoms with Crippen molar-refractivity contribution in [2.75, 3.05) is 5.32 Å². The summed E-state index contributed by atoms with van der Waals surface area (Å²) in [6, 6.07) is 8.89. The number of benzene rings is 1. The van der Waals surface area contributed by atoms with Gasteiger partial charge in [0.1, 0.15) is 12.0 Å². The summed E-state index contributed by atoms with van der Waals surface area (Å²) >= 11 is 3.24. The van der Waals surface area contributed by atoms with Gasteiger partial charge in [0, 0.05) is 10.2 Å². The molecule has 4 nitrogen and oxygen atoms in total. The highest BCUT2D eigenvalue weighted by Crippen LogP contribution is 2.22. The van der Waals surface area contributed by atoms with Crippen LogP contribution in [0.15, 0.2) is 22.7 Å². The zero-order chi connectivity index (χ0) is 13.7. The molecule has 0 radical (unpaired) electrons. The van der Waals surface area contributed by atoms with Crippen molar-refractivity contribution in [1.82, 2.24) is 0 Å². The molecule has 0 aliphatic carbocycles. The Morgan fingerprint density at radius 1 is 1.39 bits per heavy atom. The lowest BCUT2D eigenvalue weighted by molar-refractivity contribution is -0.119. The van der Waals surface area contributed by atoms with Crippen LogP contribution in [0.2, 0.25) is 0 Å². The SMILES string of the molecule is CC(C)C(C#N)C(=O)Nc1ccc(C#N)c(Br)c1. The first-order valence-electron chi connectivity index (χ1n) is 5.39. The van der Waals surface area contributed by atoms with Crippen LogP contribution in [-0.2, 0) is 4.79 Å². The fourth-order valence-electron chi connectivity index (χ4n) is 1.41. The largest absolute Gasteiger partial charge is 0.325 e. The number of nitriles is 2. The summed E-state index contributed by atoms with van der Waals surface area (Å²) in [5, 5.41) is 20.4. The molecule has 5 heteroatoms. The minimum absolute atomic E-state index is 0.0446. The van der Waals surface area contributed by atoms with Gasteiger partial charge >= 0.3 is 0 Å². The topological polar surface area (TPSA) is 76.7 Å². The van der Waals surface area contributed by atoms with Crippen molar-refractivity contribution in [1.29, 1.82) is 10.5 Å². The summed E-state index contributed by atoms with van der Waals surface area (Å²) in [4.78, 5) is 11.8. The van der Waals surface area contributed by atoms with Crippen molar-refractivity contribution >= 4 is 27.5 Å². The summed E-state index contributed by atoms with van der Waals surface area (Å²) < 4.78 is 0.612. The second kappa shape index (κ2) is 6.18. The van der Waals surface area contributed by atoms with E-state index in [-0.39, 0.29) is 11.8 Å². The molecule has 1 atom stereocenters.